The van der Waals surface area contributed by atoms with Crippen molar-refractivity contribution in [2.45, 2.75) is 46.1 Å². The van der Waals surface area contributed by atoms with Gasteiger partial charge in [-0.2, -0.15) is 0 Å². The molecule has 1 aromatic rings. The number of likely N-dealkylation sites (tertiary alicyclic amines) is 1. The van der Waals surface area contributed by atoms with E-state index in [0.717, 1.165) is 30.2 Å². The second-order valence-electron chi connectivity index (χ2n) is 7.13. The van der Waals surface area contributed by atoms with E-state index in [4.69, 9.17) is 4.74 Å². The number of piperidine rings is 1. The molecule has 1 heterocycles. The average Bonchev–Trinajstić information content (AvgIpc) is 2.51. The van der Waals surface area contributed by atoms with Crippen LogP contribution >= 0.6 is 0 Å². The second kappa shape index (κ2) is 8.54. The first-order valence-electron chi connectivity index (χ1n) is 8.67. The third-order valence-electron chi connectivity index (χ3n) is 4.29. The van der Waals surface area contributed by atoms with Gasteiger partial charge >= 0.3 is 0 Å². The van der Waals surface area contributed by atoms with E-state index in [1.807, 2.05) is 24.3 Å². The van der Waals surface area contributed by atoms with Gasteiger partial charge in [-0.15, -0.1) is 0 Å². The Morgan fingerprint density at radius 3 is 2.91 bits per heavy atom. The zero-order chi connectivity index (χ0) is 15.9. The fourth-order valence-electron chi connectivity index (χ4n) is 3.04. The van der Waals surface area contributed by atoms with Gasteiger partial charge < -0.3 is 14.7 Å². The molecule has 0 amide bonds. The number of hydrogen-bond acceptors (Lipinski definition) is 3. The molecule has 0 spiro atoms. The molecular weight excluding hydrogens is 274 g/mol. The van der Waals surface area contributed by atoms with E-state index < -0.39 is 6.10 Å². The Hall–Kier alpha value is -1.06. The lowest BCUT2D eigenvalue weighted by atomic mass is 9.99. The Labute approximate surface area is 135 Å². The first-order chi connectivity index (χ1) is 10.5. The molecule has 1 aromatic carbocycles. The third-order valence-corrected chi connectivity index (χ3v) is 4.29. The molecule has 1 aliphatic rings. The van der Waals surface area contributed by atoms with E-state index in [-0.39, 0.29) is 0 Å². The molecule has 1 saturated heterocycles. The molecule has 0 aromatic heterocycles. The maximum atomic E-state index is 10.4. The molecule has 0 bridgehead atoms. The molecule has 1 fully saturated rings. The van der Waals surface area contributed by atoms with Crippen molar-refractivity contribution in [1.29, 1.82) is 0 Å². The summed E-state index contributed by atoms with van der Waals surface area (Å²) in [5, 5.41) is 10.4. The normalized spacial score (nSPS) is 21.0. The van der Waals surface area contributed by atoms with Crippen LogP contribution in [0, 0.1) is 11.8 Å². The lowest BCUT2D eigenvalue weighted by molar-refractivity contribution is 0.121. The molecule has 22 heavy (non-hydrogen) atoms. The summed E-state index contributed by atoms with van der Waals surface area (Å²) in [5.41, 5.74) is 0.964. The van der Waals surface area contributed by atoms with E-state index in [1.165, 1.54) is 25.9 Å². The lowest BCUT2D eigenvalue weighted by Crippen LogP contribution is -2.35. The van der Waals surface area contributed by atoms with E-state index >= 15 is 0 Å². The summed E-state index contributed by atoms with van der Waals surface area (Å²) in [7, 11) is 0. The van der Waals surface area contributed by atoms with Crippen molar-refractivity contribution >= 4 is 0 Å². The van der Waals surface area contributed by atoms with Gasteiger partial charge in [0, 0.05) is 13.1 Å². The van der Waals surface area contributed by atoms with Crippen molar-refractivity contribution in [2.75, 3.05) is 26.2 Å². The maximum Gasteiger partial charge on any atom is 0.119 e. The zero-order valence-corrected chi connectivity index (χ0v) is 14.3. The predicted molar refractivity (Wildman–Crippen MR) is 91.2 cm³/mol. The molecule has 124 valence electrons. The van der Waals surface area contributed by atoms with Crippen molar-refractivity contribution in [3.05, 3.63) is 29.8 Å². The summed E-state index contributed by atoms with van der Waals surface area (Å²) in [6.07, 6.45) is 3.02. The van der Waals surface area contributed by atoms with Crippen LogP contribution in [0.5, 0.6) is 5.75 Å². The van der Waals surface area contributed by atoms with Crippen molar-refractivity contribution < 1.29 is 9.84 Å². The van der Waals surface area contributed by atoms with Crippen molar-refractivity contribution in [3.63, 3.8) is 0 Å². The molecule has 2 atom stereocenters. The highest BCUT2D eigenvalue weighted by molar-refractivity contribution is 5.29. The summed E-state index contributed by atoms with van der Waals surface area (Å²) < 4.78 is 5.75. The van der Waals surface area contributed by atoms with E-state index in [1.54, 1.807) is 0 Å². The Balaban J connectivity index is 1.83. The van der Waals surface area contributed by atoms with Gasteiger partial charge in [0.25, 0.3) is 0 Å². The Morgan fingerprint density at radius 2 is 2.18 bits per heavy atom. The predicted octanol–water partition coefficient (Wildman–Crippen LogP) is 3.88. The minimum absolute atomic E-state index is 0.403. The van der Waals surface area contributed by atoms with Gasteiger partial charge in [0.05, 0.1) is 12.7 Å². The molecule has 0 aliphatic carbocycles. The van der Waals surface area contributed by atoms with Crippen LogP contribution in [0.15, 0.2) is 24.3 Å². The summed E-state index contributed by atoms with van der Waals surface area (Å²) in [4.78, 5) is 2.48. The van der Waals surface area contributed by atoms with Crippen molar-refractivity contribution in [1.82, 2.24) is 4.90 Å². The molecule has 3 heteroatoms. The largest absolute Gasteiger partial charge is 0.493 e. The quantitative estimate of drug-likeness (QED) is 0.830. The van der Waals surface area contributed by atoms with Gasteiger partial charge in [-0.3, -0.25) is 0 Å². The van der Waals surface area contributed by atoms with Gasteiger partial charge in [0.15, 0.2) is 0 Å². The molecule has 2 unspecified atom stereocenters. The number of benzene rings is 1. The molecule has 3 nitrogen and oxygen atoms in total. The van der Waals surface area contributed by atoms with Crippen LogP contribution in [0.4, 0.5) is 0 Å². The first-order valence-corrected chi connectivity index (χ1v) is 8.67. The monoisotopic (exact) mass is 305 g/mol. The maximum absolute atomic E-state index is 10.4. The highest BCUT2D eigenvalue weighted by Gasteiger charge is 2.17. The lowest BCUT2D eigenvalue weighted by Gasteiger charge is -2.31. The van der Waals surface area contributed by atoms with Crippen LogP contribution in [0.1, 0.15) is 51.7 Å². The van der Waals surface area contributed by atoms with Crippen LogP contribution in [0.2, 0.25) is 0 Å². The number of aliphatic hydroxyl groups excluding tert-OH is 1. The Bertz CT molecular complexity index is 447. The molecular formula is C19H31NO2. The summed E-state index contributed by atoms with van der Waals surface area (Å²) in [6, 6.07) is 7.90. The van der Waals surface area contributed by atoms with Crippen LogP contribution in [-0.2, 0) is 0 Å². The molecule has 1 aliphatic heterocycles. The van der Waals surface area contributed by atoms with Gasteiger partial charge in [-0.05, 0) is 55.3 Å². The number of nitrogens with zero attached hydrogens (tertiary/aromatic N) is 1. The van der Waals surface area contributed by atoms with Gasteiger partial charge in [0.1, 0.15) is 5.75 Å². The summed E-state index contributed by atoms with van der Waals surface area (Å²) >= 11 is 0. The average molecular weight is 305 g/mol. The van der Waals surface area contributed by atoms with E-state index in [2.05, 4.69) is 25.7 Å². The zero-order valence-electron chi connectivity index (χ0n) is 14.3. The minimum Gasteiger partial charge on any atom is -0.493 e. The standard InChI is InChI=1S/C19H31NO2/c1-15(2)14-22-18-8-4-7-17(12-18)19(21)9-11-20-10-5-6-16(3)13-20/h4,7-8,12,15-16,19,21H,5-6,9-11,13-14H2,1-3H3. The number of ether oxygens (including phenoxy) is 1. The fourth-order valence-corrected chi connectivity index (χ4v) is 3.04. The molecule has 1 N–H and O–H groups in total. The minimum atomic E-state index is -0.403. The topological polar surface area (TPSA) is 32.7 Å². The van der Waals surface area contributed by atoms with Crippen LogP contribution in [-0.4, -0.2) is 36.2 Å². The second-order valence-corrected chi connectivity index (χ2v) is 7.13. The number of rotatable bonds is 7. The summed E-state index contributed by atoms with van der Waals surface area (Å²) in [6.45, 7) is 10.6. The van der Waals surface area contributed by atoms with Crippen LogP contribution < -0.4 is 4.74 Å². The van der Waals surface area contributed by atoms with E-state index in [9.17, 15) is 5.11 Å². The third kappa shape index (κ3) is 5.62. The molecule has 0 saturated carbocycles. The number of aliphatic hydroxyl groups is 1. The molecule has 0 radical (unpaired) electrons. The van der Waals surface area contributed by atoms with Gasteiger partial charge in [-0.25, -0.2) is 0 Å². The highest BCUT2D eigenvalue weighted by atomic mass is 16.5. The van der Waals surface area contributed by atoms with Gasteiger partial charge in [-0.1, -0.05) is 32.9 Å². The Morgan fingerprint density at radius 1 is 1.36 bits per heavy atom. The smallest absolute Gasteiger partial charge is 0.119 e. The van der Waals surface area contributed by atoms with Crippen molar-refractivity contribution in [3.8, 4) is 5.75 Å². The SMILES string of the molecule is CC(C)COc1cccc(C(O)CCN2CCCC(C)C2)c1. The van der Waals surface area contributed by atoms with Crippen LogP contribution in [0.25, 0.3) is 0 Å². The molecule has 2 rings (SSSR count). The van der Waals surface area contributed by atoms with E-state index in [0.29, 0.717) is 12.5 Å². The van der Waals surface area contributed by atoms with Crippen molar-refractivity contribution in [2.24, 2.45) is 11.8 Å². The fraction of sp³-hybridized carbons (Fsp3) is 0.684. The van der Waals surface area contributed by atoms with Crippen LogP contribution in [0.3, 0.4) is 0 Å². The summed E-state index contributed by atoms with van der Waals surface area (Å²) in [5.74, 6) is 2.16. The Kier molecular flexibility index (Phi) is 6.71. The highest BCUT2D eigenvalue weighted by Crippen LogP contribution is 2.23. The van der Waals surface area contributed by atoms with Gasteiger partial charge in [0.2, 0.25) is 0 Å². The first kappa shape index (κ1) is 17.3. The number of hydrogen-bond donors (Lipinski definition) is 1.